The summed E-state index contributed by atoms with van der Waals surface area (Å²) in [5, 5.41) is 4.46. The second-order valence-electron chi connectivity index (χ2n) is 6.15. The van der Waals surface area contributed by atoms with Crippen molar-refractivity contribution in [2.24, 2.45) is 5.73 Å². The molecular formula is C19H24N4S. The molecule has 0 aliphatic heterocycles. The van der Waals surface area contributed by atoms with E-state index in [1.54, 1.807) is 17.7 Å². The second kappa shape index (κ2) is 7.28. The summed E-state index contributed by atoms with van der Waals surface area (Å²) in [6.45, 7) is 7.91. The number of fused-ring (bicyclic) bond motifs is 1. The predicted molar refractivity (Wildman–Crippen MR) is 104 cm³/mol. The van der Waals surface area contributed by atoms with Crippen LogP contribution in [0.5, 0.6) is 0 Å². The van der Waals surface area contributed by atoms with E-state index in [1.165, 1.54) is 21.6 Å². The first kappa shape index (κ1) is 16.9. The van der Waals surface area contributed by atoms with Crippen molar-refractivity contribution in [1.82, 2.24) is 9.97 Å². The van der Waals surface area contributed by atoms with Crippen LogP contribution in [0.4, 0.5) is 5.82 Å². The first-order valence-electron chi connectivity index (χ1n) is 8.46. The molecule has 0 bridgehead atoms. The molecule has 3 aromatic rings. The molecular weight excluding hydrogens is 316 g/mol. The van der Waals surface area contributed by atoms with E-state index in [-0.39, 0.29) is 0 Å². The first-order valence-corrected chi connectivity index (χ1v) is 9.28. The van der Waals surface area contributed by atoms with Gasteiger partial charge in [-0.25, -0.2) is 9.97 Å². The third-order valence-corrected chi connectivity index (χ3v) is 5.43. The van der Waals surface area contributed by atoms with E-state index in [9.17, 15) is 0 Å². The van der Waals surface area contributed by atoms with Gasteiger partial charge in [0.1, 0.15) is 17.0 Å². The minimum atomic E-state index is 0.536. The molecule has 0 saturated carbocycles. The van der Waals surface area contributed by atoms with Crippen molar-refractivity contribution in [2.45, 2.75) is 33.1 Å². The van der Waals surface area contributed by atoms with Gasteiger partial charge in [0, 0.05) is 23.5 Å². The fourth-order valence-corrected chi connectivity index (χ4v) is 3.99. The Balaban J connectivity index is 2.17. The SMILES string of the molecule is CCc1sc2ncnc(NCCN)c2c1-c1ccc(C(C)C)cc1. The number of rotatable bonds is 6. The van der Waals surface area contributed by atoms with Crippen LogP contribution in [0.2, 0.25) is 0 Å². The maximum Gasteiger partial charge on any atom is 0.138 e. The fourth-order valence-electron chi connectivity index (χ4n) is 2.89. The highest BCUT2D eigenvalue weighted by Gasteiger charge is 2.18. The van der Waals surface area contributed by atoms with Gasteiger partial charge in [-0.15, -0.1) is 11.3 Å². The fraction of sp³-hybridized carbons (Fsp3) is 0.368. The number of thiophene rings is 1. The van der Waals surface area contributed by atoms with Gasteiger partial charge in [0.15, 0.2) is 0 Å². The smallest absolute Gasteiger partial charge is 0.138 e. The second-order valence-corrected chi connectivity index (χ2v) is 7.23. The molecule has 2 aromatic heterocycles. The molecule has 0 fully saturated rings. The number of anilines is 1. The molecule has 4 nitrogen and oxygen atoms in total. The quantitative estimate of drug-likeness (QED) is 0.697. The van der Waals surface area contributed by atoms with Gasteiger partial charge in [-0.1, -0.05) is 45.0 Å². The normalized spacial score (nSPS) is 11.4. The van der Waals surface area contributed by atoms with Crippen molar-refractivity contribution in [1.29, 1.82) is 0 Å². The van der Waals surface area contributed by atoms with E-state index in [0.717, 1.165) is 22.5 Å². The molecule has 3 N–H and O–H groups in total. The zero-order valence-electron chi connectivity index (χ0n) is 14.5. The van der Waals surface area contributed by atoms with Crippen LogP contribution >= 0.6 is 11.3 Å². The Kier molecular flexibility index (Phi) is 5.11. The molecule has 0 spiro atoms. The van der Waals surface area contributed by atoms with Gasteiger partial charge in [-0.2, -0.15) is 0 Å². The Labute approximate surface area is 147 Å². The average Bonchev–Trinajstić information content (AvgIpc) is 2.99. The zero-order valence-corrected chi connectivity index (χ0v) is 15.3. The molecule has 0 amide bonds. The monoisotopic (exact) mass is 340 g/mol. The van der Waals surface area contributed by atoms with E-state index >= 15 is 0 Å². The summed E-state index contributed by atoms with van der Waals surface area (Å²) in [7, 11) is 0. The van der Waals surface area contributed by atoms with Crippen molar-refractivity contribution in [2.75, 3.05) is 18.4 Å². The van der Waals surface area contributed by atoms with Crippen LogP contribution in [0.25, 0.3) is 21.3 Å². The maximum absolute atomic E-state index is 5.64. The van der Waals surface area contributed by atoms with Crippen LogP contribution in [-0.4, -0.2) is 23.1 Å². The van der Waals surface area contributed by atoms with Crippen molar-refractivity contribution < 1.29 is 0 Å². The van der Waals surface area contributed by atoms with E-state index in [4.69, 9.17) is 5.73 Å². The number of nitrogens with zero attached hydrogens (tertiary/aromatic N) is 2. The van der Waals surface area contributed by atoms with Crippen LogP contribution in [0.3, 0.4) is 0 Å². The van der Waals surface area contributed by atoms with Crippen LogP contribution in [0, 0.1) is 0 Å². The highest BCUT2D eigenvalue weighted by molar-refractivity contribution is 7.19. The van der Waals surface area contributed by atoms with Crippen molar-refractivity contribution >= 4 is 27.4 Å². The molecule has 0 unspecified atom stereocenters. The summed E-state index contributed by atoms with van der Waals surface area (Å²) in [4.78, 5) is 11.3. The Morgan fingerprint density at radius 2 is 1.92 bits per heavy atom. The van der Waals surface area contributed by atoms with Crippen LogP contribution in [0.1, 0.15) is 37.1 Å². The summed E-state index contributed by atoms with van der Waals surface area (Å²) in [5.41, 5.74) is 9.49. The number of aromatic nitrogens is 2. The Hall–Kier alpha value is -1.98. The summed E-state index contributed by atoms with van der Waals surface area (Å²) in [6, 6.07) is 8.88. The first-order chi connectivity index (χ1) is 11.7. The zero-order chi connectivity index (χ0) is 17.1. The van der Waals surface area contributed by atoms with Gasteiger partial charge in [0.2, 0.25) is 0 Å². The molecule has 0 aliphatic carbocycles. The number of aryl methyl sites for hydroxylation is 1. The van der Waals surface area contributed by atoms with E-state index in [1.807, 2.05) is 0 Å². The van der Waals surface area contributed by atoms with Crippen molar-refractivity contribution in [3.8, 4) is 11.1 Å². The number of hydrogen-bond donors (Lipinski definition) is 2. The summed E-state index contributed by atoms with van der Waals surface area (Å²) in [6.07, 6.45) is 2.61. The summed E-state index contributed by atoms with van der Waals surface area (Å²) < 4.78 is 0. The van der Waals surface area contributed by atoms with Gasteiger partial charge < -0.3 is 11.1 Å². The largest absolute Gasteiger partial charge is 0.368 e. The lowest BCUT2D eigenvalue weighted by Gasteiger charge is -2.10. The molecule has 3 rings (SSSR count). The summed E-state index contributed by atoms with van der Waals surface area (Å²) in [5.74, 6) is 1.42. The standard InChI is InChI=1S/C19H24N4S/c1-4-15-16(14-7-5-13(6-8-14)12(2)3)17-18(21-10-9-20)22-11-23-19(17)24-15/h5-8,11-12H,4,9-10,20H2,1-3H3,(H,21,22,23). The van der Waals surface area contributed by atoms with Gasteiger partial charge in [0.05, 0.1) is 5.39 Å². The predicted octanol–water partition coefficient (Wildman–Crippen LogP) is 4.41. The van der Waals surface area contributed by atoms with Gasteiger partial charge >= 0.3 is 0 Å². The number of nitrogens with one attached hydrogen (secondary N) is 1. The highest BCUT2D eigenvalue weighted by Crippen LogP contribution is 2.41. The third-order valence-electron chi connectivity index (χ3n) is 4.19. The van der Waals surface area contributed by atoms with E-state index in [0.29, 0.717) is 19.0 Å². The van der Waals surface area contributed by atoms with Gasteiger partial charge in [0.25, 0.3) is 0 Å². The minimum absolute atomic E-state index is 0.536. The molecule has 0 aliphatic rings. The molecule has 126 valence electrons. The van der Waals surface area contributed by atoms with Crippen molar-refractivity contribution in [3.05, 3.63) is 41.0 Å². The van der Waals surface area contributed by atoms with Crippen LogP contribution < -0.4 is 11.1 Å². The van der Waals surface area contributed by atoms with Gasteiger partial charge in [-0.05, 0) is 23.5 Å². The Morgan fingerprint density at radius 1 is 1.17 bits per heavy atom. The lowest BCUT2D eigenvalue weighted by Crippen LogP contribution is -2.14. The van der Waals surface area contributed by atoms with Gasteiger partial charge in [-0.3, -0.25) is 0 Å². The number of nitrogens with two attached hydrogens (primary N) is 1. The number of hydrogen-bond acceptors (Lipinski definition) is 5. The molecule has 2 heterocycles. The maximum atomic E-state index is 5.64. The molecule has 0 saturated heterocycles. The Morgan fingerprint density at radius 3 is 2.54 bits per heavy atom. The lowest BCUT2D eigenvalue weighted by atomic mass is 9.97. The third kappa shape index (κ3) is 3.14. The molecule has 0 atom stereocenters. The van der Waals surface area contributed by atoms with Crippen LogP contribution in [0.15, 0.2) is 30.6 Å². The highest BCUT2D eigenvalue weighted by atomic mass is 32.1. The average molecular weight is 340 g/mol. The molecule has 0 radical (unpaired) electrons. The lowest BCUT2D eigenvalue weighted by molar-refractivity contribution is 0.867. The number of benzene rings is 1. The summed E-state index contributed by atoms with van der Waals surface area (Å²) >= 11 is 1.75. The Bertz CT molecular complexity index is 821. The van der Waals surface area contributed by atoms with Crippen LogP contribution in [-0.2, 0) is 6.42 Å². The minimum Gasteiger partial charge on any atom is -0.368 e. The molecule has 1 aromatic carbocycles. The topological polar surface area (TPSA) is 63.8 Å². The molecule has 5 heteroatoms. The van der Waals surface area contributed by atoms with E-state index < -0.39 is 0 Å². The van der Waals surface area contributed by atoms with Crippen molar-refractivity contribution in [3.63, 3.8) is 0 Å². The molecule has 24 heavy (non-hydrogen) atoms. The van der Waals surface area contributed by atoms with E-state index in [2.05, 4.69) is 60.3 Å².